The summed E-state index contributed by atoms with van der Waals surface area (Å²) in [6, 6.07) is 1.37. The van der Waals surface area contributed by atoms with E-state index in [4.69, 9.17) is 14.2 Å². The largest absolute Gasteiger partial charge is 0.492 e. The van der Waals surface area contributed by atoms with Gasteiger partial charge in [0.05, 0.1) is 36.6 Å². The van der Waals surface area contributed by atoms with Crippen LogP contribution in [0.1, 0.15) is 109 Å². The van der Waals surface area contributed by atoms with Crippen molar-refractivity contribution in [2.45, 2.75) is 111 Å². The fourth-order valence-corrected chi connectivity index (χ4v) is 12.4. The molecule has 5 aliphatic carbocycles. The van der Waals surface area contributed by atoms with Gasteiger partial charge in [0.15, 0.2) is 23.1 Å². The number of methoxy groups -OCH3 is 1. The number of Topliss-reactive ketones (excluding diaryl/α,β-unsaturated/α-hetero) is 1. The van der Waals surface area contributed by atoms with Gasteiger partial charge in [-0.15, -0.1) is 0 Å². The number of allylic oxidation sites excluding steroid dienone is 4. The highest BCUT2D eigenvalue weighted by atomic mass is 19.1. The van der Waals surface area contributed by atoms with Gasteiger partial charge in [0.25, 0.3) is 0 Å². The molecular formula is C48H62FN3O9. The number of carbonyl (C=O) groups is 4. The Kier molecular flexibility index (Phi) is 11.4. The molecule has 9 atom stereocenters. The van der Waals surface area contributed by atoms with E-state index in [0.717, 1.165) is 37.7 Å². The monoisotopic (exact) mass is 843 g/mol. The van der Waals surface area contributed by atoms with Crippen LogP contribution in [0.4, 0.5) is 10.1 Å². The van der Waals surface area contributed by atoms with Crippen LogP contribution >= 0.6 is 0 Å². The number of fused-ring (bicyclic) bond motifs is 6. The average Bonchev–Trinajstić information content (AvgIpc) is 3.99. The van der Waals surface area contributed by atoms with Gasteiger partial charge in [-0.25, -0.2) is 9.18 Å². The van der Waals surface area contributed by atoms with Gasteiger partial charge in [-0.3, -0.25) is 19.2 Å². The summed E-state index contributed by atoms with van der Waals surface area (Å²) in [5.74, 6) is -2.33. The molecule has 0 radical (unpaired) electrons. The van der Waals surface area contributed by atoms with Crippen molar-refractivity contribution >= 4 is 40.1 Å². The smallest absolute Gasteiger partial charge is 0.343 e. The maximum Gasteiger partial charge on any atom is 0.343 e. The number of hydrogen-bond donors (Lipinski definition) is 2. The first kappa shape index (κ1) is 43.3. The second kappa shape index (κ2) is 16.1. The summed E-state index contributed by atoms with van der Waals surface area (Å²) in [6.07, 6.45) is 11.9. The van der Waals surface area contributed by atoms with Gasteiger partial charge in [-0.05, 0) is 99.2 Å². The summed E-state index contributed by atoms with van der Waals surface area (Å²) in [6.45, 7) is 13.1. The van der Waals surface area contributed by atoms with Crippen molar-refractivity contribution in [3.8, 4) is 5.75 Å². The summed E-state index contributed by atoms with van der Waals surface area (Å²) >= 11 is 0. The maximum atomic E-state index is 15.9. The third-order valence-electron chi connectivity index (χ3n) is 15.3. The fourth-order valence-electron chi connectivity index (χ4n) is 12.4. The molecule has 330 valence electrons. The molecule has 12 nitrogen and oxygen atoms in total. The summed E-state index contributed by atoms with van der Waals surface area (Å²) in [5.41, 5.74) is -0.495. The highest BCUT2D eigenvalue weighted by Gasteiger charge is 2.62. The Morgan fingerprint density at radius 2 is 1.85 bits per heavy atom. The van der Waals surface area contributed by atoms with Crippen molar-refractivity contribution < 1.29 is 42.9 Å². The number of hydrogen-bond acceptors (Lipinski definition) is 11. The number of benzene rings is 1. The Morgan fingerprint density at radius 1 is 1.10 bits per heavy atom. The van der Waals surface area contributed by atoms with Crippen LogP contribution < -0.4 is 20.4 Å². The van der Waals surface area contributed by atoms with Gasteiger partial charge in [-0.2, -0.15) is 0 Å². The number of rotatable bonds is 12. The molecule has 4 saturated carbocycles. The van der Waals surface area contributed by atoms with Crippen molar-refractivity contribution in [3.05, 3.63) is 57.7 Å². The van der Waals surface area contributed by atoms with Crippen LogP contribution in [0, 0.1) is 51.7 Å². The number of aliphatic hydroxyl groups is 1. The van der Waals surface area contributed by atoms with E-state index in [-0.39, 0.29) is 89.1 Å². The van der Waals surface area contributed by atoms with Gasteiger partial charge in [-0.1, -0.05) is 46.3 Å². The summed E-state index contributed by atoms with van der Waals surface area (Å²) < 4.78 is 35.0. The average molecular weight is 844 g/mol. The SMILES string of the molecule is COc1c(N2CCNC(C)C2)c(F)cc2c(=O)c(C(=O)OCC(C)(C)CC(C)C(=O)OCC(=O)C3CCC4C5CCC6=CC(=O)C=CC6(C)C5C(O)CC34C)cn(C3CC3)c12. The molecule has 0 amide bonds. The highest BCUT2D eigenvalue weighted by molar-refractivity contribution is 6.01. The molecule has 0 bridgehead atoms. The van der Waals surface area contributed by atoms with Crippen molar-refractivity contribution in [3.63, 3.8) is 0 Å². The second-order valence-corrected chi connectivity index (χ2v) is 20.3. The zero-order valence-corrected chi connectivity index (χ0v) is 36.7. The first-order valence-electron chi connectivity index (χ1n) is 22.3. The highest BCUT2D eigenvalue weighted by Crippen LogP contribution is 2.66. The van der Waals surface area contributed by atoms with E-state index in [1.54, 1.807) is 19.1 Å². The van der Waals surface area contributed by atoms with E-state index in [0.29, 0.717) is 43.7 Å². The Morgan fingerprint density at radius 3 is 2.56 bits per heavy atom. The van der Waals surface area contributed by atoms with E-state index >= 15 is 4.39 Å². The molecular weight excluding hydrogens is 782 g/mol. The standard InChI is InChI=1S/C48H62FN3O9/c1-26(44(57)60-24-38(55)35-13-12-34-31-11-8-28-18-30(53)14-15-47(28,5)39(31)37(54)21-48(34,35)6)20-46(3,4)25-61-45(58)33-23-52(29-9-10-29)40-32(42(33)56)19-36(49)41(43(40)59-7)51-17-16-50-27(2)22-51/h14-15,18-19,23,26-27,29,31,34-35,37,39,50,54H,8-13,16-17,20-22,24-25H2,1-7H3. The number of anilines is 1. The van der Waals surface area contributed by atoms with Crippen molar-refractivity contribution in [1.29, 1.82) is 0 Å². The number of nitrogens with one attached hydrogen (secondary N) is 1. The predicted molar refractivity (Wildman–Crippen MR) is 228 cm³/mol. The third-order valence-corrected chi connectivity index (χ3v) is 15.3. The molecule has 0 spiro atoms. The molecule has 2 N–H and O–H groups in total. The number of ether oxygens (including phenoxy) is 3. The van der Waals surface area contributed by atoms with Crippen LogP contribution in [0.5, 0.6) is 5.75 Å². The first-order valence-corrected chi connectivity index (χ1v) is 22.3. The predicted octanol–water partition coefficient (Wildman–Crippen LogP) is 6.50. The van der Waals surface area contributed by atoms with Crippen LogP contribution in [-0.4, -0.2) is 85.3 Å². The van der Waals surface area contributed by atoms with Gasteiger partial charge in [0.1, 0.15) is 17.9 Å². The molecule has 8 rings (SSSR count). The van der Waals surface area contributed by atoms with Gasteiger partial charge in [0, 0.05) is 55.2 Å². The van der Waals surface area contributed by atoms with E-state index in [2.05, 4.69) is 19.2 Å². The number of aliphatic hydroxyl groups excluding tert-OH is 1. The minimum absolute atomic E-state index is 0.00279. The van der Waals surface area contributed by atoms with Crippen LogP contribution in [0.2, 0.25) is 0 Å². The molecule has 1 aromatic heterocycles. The Hall–Kier alpha value is -4.36. The van der Waals surface area contributed by atoms with Gasteiger partial charge >= 0.3 is 11.9 Å². The maximum absolute atomic E-state index is 15.9. The zero-order valence-electron chi connectivity index (χ0n) is 36.7. The summed E-state index contributed by atoms with van der Waals surface area (Å²) in [4.78, 5) is 68.8. The fraction of sp³-hybridized carbons (Fsp3) is 0.646. The molecule has 6 aliphatic rings. The topological polar surface area (TPSA) is 153 Å². The zero-order chi connectivity index (χ0) is 43.8. The Balaban J connectivity index is 0.892. The summed E-state index contributed by atoms with van der Waals surface area (Å²) in [7, 11) is 1.47. The van der Waals surface area contributed by atoms with Crippen molar-refractivity contribution in [1.82, 2.24) is 9.88 Å². The summed E-state index contributed by atoms with van der Waals surface area (Å²) in [5, 5.41) is 15.1. The lowest BCUT2D eigenvalue weighted by atomic mass is 9.46. The van der Waals surface area contributed by atoms with E-state index in [1.165, 1.54) is 19.4 Å². The van der Waals surface area contributed by atoms with Crippen LogP contribution in [0.3, 0.4) is 0 Å². The van der Waals surface area contributed by atoms with Crippen molar-refractivity contribution in [2.75, 3.05) is 44.9 Å². The number of carbonyl (C=O) groups excluding carboxylic acids is 4. The Bertz CT molecular complexity index is 2260. The number of halogens is 1. The number of pyridine rings is 1. The molecule has 9 unspecified atom stereocenters. The lowest BCUT2D eigenvalue weighted by Gasteiger charge is -2.58. The molecule has 13 heteroatoms. The molecule has 2 aromatic rings. The minimum atomic E-state index is -0.832. The molecule has 1 saturated heterocycles. The van der Waals surface area contributed by atoms with Crippen molar-refractivity contribution in [2.24, 2.45) is 45.8 Å². The normalized spacial score (nSPS) is 31.5. The quantitative estimate of drug-likeness (QED) is 0.225. The van der Waals surface area contributed by atoms with E-state index in [1.807, 2.05) is 36.3 Å². The van der Waals surface area contributed by atoms with E-state index in [9.17, 15) is 29.1 Å². The molecule has 61 heavy (non-hydrogen) atoms. The van der Waals surface area contributed by atoms with Crippen LogP contribution in [0.25, 0.3) is 10.9 Å². The van der Waals surface area contributed by atoms with Gasteiger partial charge in [0.2, 0.25) is 5.43 Å². The number of esters is 2. The number of piperazine rings is 1. The molecule has 1 aliphatic heterocycles. The first-order chi connectivity index (χ1) is 28.9. The number of aromatic nitrogens is 1. The molecule has 5 fully saturated rings. The number of ketones is 2. The third kappa shape index (κ3) is 7.76. The van der Waals surface area contributed by atoms with E-state index < -0.39 is 46.0 Å². The molecule has 1 aromatic carbocycles. The minimum Gasteiger partial charge on any atom is -0.492 e. The Labute approximate surface area is 357 Å². The lowest BCUT2D eigenvalue weighted by molar-refractivity contribution is -0.157. The number of nitrogens with zero attached hydrogens (tertiary/aromatic N) is 2. The van der Waals surface area contributed by atoms with Crippen LogP contribution in [0.15, 0.2) is 40.9 Å². The second-order valence-electron chi connectivity index (χ2n) is 20.3. The van der Waals surface area contributed by atoms with Crippen LogP contribution in [-0.2, 0) is 23.9 Å². The van der Waals surface area contributed by atoms with Gasteiger partial charge < -0.3 is 34.1 Å². The molecule has 2 heterocycles. The lowest BCUT2D eigenvalue weighted by Crippen LogP contribution is -2.56.